The second-order valence-corrected chi connectivity index (χ2v) is 6.18. The van der Waals surface area contributed by atoms with Crippen LogP contribution < -0.4 is 21.8 Å². The van der Waals surface area contributed by atoms with E-state index in [4.69, 9.17) is 26.9 Å². The summed E-state index contributed by atoms with van der Waals surface area (Å²) < 4.78 is 5.04. The first kappa shape index (κ1) is 20.5. The molecule has 1 aromatic carbocycles. The highest BCUT2D eigenvalue weighted by atomic mass is 35.5. The number of primary amides is 1. The summed E-state index contributed by atoms with van der Waals surface area (Å²) in [4.78, 5) is 40.2. The highest BCUT2D eigenvalue weighted by molar-refractivity contribution is 6.29. The van der Waals surface area contributed by atoms with E-state index in [1.54, 1.807) is 18.2 Å². The third-order valence-electron chi connectivity index (χ3n) is 3.65. The molecule has 0 aromatic heterocycles. The Hall–Kier alpha value is -2.78. The maximum absolute atomic E-state index is 11.9. The number of hydroxylamine groups is 1. The Labute approximate surface area is 161 Å². The lowest BCUT2D eigenvalue weighted by Gasteiger charge is -2.15. The summed E-state index contributed by atoms with van der Waals surface area (Å²) >= 11 is 5.68. The van der Waals surface area contributed by atoms with Crippen LogP contribution in [0.4, 0.5) is 4.79 Å². The molecule has 1 aliphatic rings. The number of nitrogens with two attached hydrogens (primary N) is 1. The number of carbonyl (C=O) groups is 3. The minimum Gasteiger partial charge on any atom is -0.445 e. The van der Waals surface area contributed by atoms with Crippen molar-refractivity contribution in [3.63, 3.8) is 0 Å². The molecule has 5 N–H and O–H groups in total. The minimum atomic E-state index is -1.02. The van der Waals surface area contributed by atoms with Crippen LogP contribution in [0.3, 0.4) is 0 Å². The number of hydrogen-bond acceptors (Lipinski definition) is 6. The van der Waals surface area contributed by atoms with E-state index in [9.17, 15) is 14.4 Å². The van der Waals surface area contributed by atoms with Crippen molar-refractivity contribution in [2.24, 2.45) is 5.73 Å². The molecule has 2 rings (SSSR count). The lowest BCUT2D eigenvalue weighted by molar-refractivity contribution is -0.122. The first-order valence-corrected chi connectivity index (χ1v) is 8.64. The average Bonchev–Trinajstić information content (AvgIpc) is 3.07. The lowest BCUT2D eigenvalue weighted by Crippen LogP contribution is -2.45. The fourth-order valence-electron chi connectivity index (χ4n) is 2.23. The van der Waals surface area contributed by atoms with Crippen molar-refractivity contribution in [2.45, 2.75) is 31.6 Å². The third kappa shape index (κ3) is 7.55. The van der Waals surface area contributed by atoms with E-state index in [1.807, 2.05) is 18.2 Å². The lowest BCUT2D eigenvalue weighted by atomic mass is 10.1. The number of amides is 3. The van der Waals surface area contributed by atoms with Gasteiger partial charge in [-0.15, -0.1) is 0 Å². The number of rotatable bonds is 9. The molecule has 1 unspecified atom stereocenters. The average molecular weight is 397 g/mol. The molecule has 0 spiro atoms. The molecule has 0 saturated heterocycles. The predicted molar refractivity (Wildman–Crippen MR) is 96.9 cm³/mol. The molecular weight excluding hydrogens is 376 g/mol. The molecule has 146 valence electrons. The summed E-state index contributed by atoms with van der Waals surface area (Å²) in [6, 6.07) is 8.07. The van der Waals surface area contributed by atoms with Gasteiger partial charge in [-0.2, -0.15) is 0 Å². The van der Waals surface area contributed by atoms with Crippen molar-refractivity contribution in [2.75, 3.05) is 6.54 Å². The monoisotopic (exact) mass is 396 g/mol. The molecule has 0 bridgehead atoms. The van der Waals surface area contributed by atoms with Crippen molar-refractivity contribution < 1.29 is 24.0 Å². The van der Waals surface area contributed by atoms with Crippen LogP contribution in [0.2, 0.25) is 0 Å². The van der Waals surface area contributed by atoms with E-state index in [2.05, 4.69) is 16.1 Å². The second kappa shape index (κ2) is 10.4. The van der Waals surface area contributed by atoms with Crippen LogP contribution in [0.5, 0.6) is 0 Å². The van der Waals surface area contributed by atoms with E-state index in [1.165, 1.54) is 0 Å². The quantitative estimate of drug-likeness (QED) is 0.453. The molecule has 0 fully saturated rings. The van der Waals surface area contributed by atoms with Gasteiger partial charge in [-0.05, 0) is 18.1 Å². The molecule has 9 nitrogen and oxygen atoms in total. The predicted octanol–water partition coefficient (Wildman–Crippen LogP) is 0.647. The van der Waals surface area contributed by atoms with Crippen molar-refractivity contribution in [1.82, 2.24) is 16.1 Å². The van der Waals surface area contributed by atoms with Gasteiger partial charge >= 0.3 is 6.09 Å². The third-order valence-corrected chi connectivity index (χ3v) is 3.85. The zero-order chi connectivity index (χ0) is 19.6. The standard InChI is InChI=1S/C17H21ClN4O5/c18-14-8-12(27-22-14)9-20-15(23)7-6-13(16(19)24)21-17(25)26-10-11-4-2-1-3-5-11/h1-5,8,12-13,22H,6-7,9-10H2,(H2,19,24)(H,20,23)(H,21,25)/t12?,13-/m0/s1. The van der Waals surface area contributed by atoms with Crippen molar-refractivity contribution in [3.05, 3.63) is 47.1 Å². The molecule has 10 heteroatoms. The van der Waals surface area contributed by atoms with Gasteiger partial charge in [-0.25, -0.2) is 4.79 Å². The SMILES string of the molecule is NC(=O)[C@H](CCC(=O)NCC1C=C(Cl)NO1)NC(=O)OCc1ccccc1. The number of hydrogen-bond donors (Lipinski definition) is 4. The van der Waals surface area contributed by atoms with E-state index in [-0.39, 0.29) is 38.0 Å². The molecule has 1 aromatic rings. The zero-order valence-corrected chi connectivity index (χ0v) is 15.2. The van der Waals surface area contributed by atoms with Crippen LogP contribution in [0, 0.1) is 0 Å². The van der Waals surface area contributed by atoms with Gasteiger partial charge in [0, 0.05) is 6.42 Å². The Balaban J connectivity index is 1.70. The summed E-state index contributed by atoms with van der Waals surface area (Å²) in [5.41, 5.74) is 8.54. The van der Waals surface area contributed by atoms with Crippen LogP contribution >= 0.6 is 11.6 Å². The Morgan fingerprint density at radius 1 is 1.30 bits per heavy atom. The first-order valence-electron chi connectivity index (χ1n) is 8.26. The number of alkyl carbamates (subject to hydrolysis) is 1. The normalized spacial score (nSPS) is 16.6. The first-order chi connectivity index (χ1) is 12.9. The fourth-order valence-corrected chi connectivity index (χ4v) is 2.42. The topological polar surface area (TPSA) is 132 Å². The van der Waals surface area contributed by atoms with Crippen molar-refractivity contribution in [3.8, 4) is 0 Å². The van der Waals surface area contributed by atoms with Crippen molar-refractivity contribution >= 4 is 29.5 Å². The number of carbonyl (C=O) groups excluding carboxylic acids is 3. The van der Waals surface area contributed by atoms with E-state index in [0.29, 0.717) is 5.16 Å². The Morgan fingerprint density at radius 2 is 2.04 bits per heavy atom. The highest BCUT2D eigenvalue weighted by Gasteiger charge is 2.21. The van der Waals surface area contributed by atoms with Crippen LogP contribution in [0.1, 0.15) is 18.4 Å². The largest absolute Gasteiger partial charge is 0.445 e. The van der Waals surface area contributed by atoms with Gasteiger partial charge in [0.15, 0.2) is 0 Å². The molecule has 27 heavy (non-hydrogen) atoms. The van der Waals surface area contributed by atoms with E-state index >= 15 is 0 Å². The number of nitrogens with one attached hydrogen (secondary N) is 3. The molecule has 0 saturated carbocycles. The second-order valence-electron chi connectivity index (χ2n) is 5.78. The van der Waals surface area contributed by atoms with Crippen LogP contribution in [-0.4, -0.2) is 36.6 Å². The van der Waals surface area contributed by atoms with Gasteiger partial charge in [0.05, 0.1) is 6.54 Å². The molecule has 2 atom stereocenters. The Bertz CT molecular complexity index is 698. The van der Waals surface area contributed by atoms with Gasteiger partial charge in [0.2, 0.25) is 11.8 Å². The Kier molecular flexibility index (Phi) is 7.90. The van der Waals surface area contributed by atoms with E-state index < -0.39 is 18.0 Å². The number of halogens is 1. The van der Waals surface area contributed by atoms with Gasteiger partial charge in [0.25, 0.3) is 0 Å². The fraction of sp³-hybridized carbons (Fsp3) is 0.353. The van der Waals surface area contributed by atoms with Crippen LogP contribution in [0.25, 0.3) is 0 Å². The summed E-state index contributed by atoms with van der Waals surface area (Å²) in [7, 11) is 0. The molecule has 1 aliphatic heterocycles. The van der Waals surface area contributed by atoms with Crippen LogP contribution in [0.15, 0.2) is 41.6 Å². The number of benzene rings is 1. The molecule has 3 amide bonds. The van der Waals surface area contributed by atoms with Gasteiger partial charge < -0.3 is 21.1 Å². The van der Waals surface area contributed by atoms with Crippen LogP contribution in [-0.2, 0) is 25.8 Å². The smallest absolute Gasteiger partial charge is 0.408 e. The molecular formula is C17H21ClN4O5. The zero-order valence-electron chi connectivity index (χ0n) is 14.4. The van der Waals surface area contributed by atoms with E-state index in [0.717, 1.165) is 5.56 Å². The van der Waals surface area contributed by atoms with Gasteiger partial charge in [0.1, 0.15) is 23.9 Å². The maximum Gasteiger partial charge on any atom is 0.408 e. The summed E-state index contributed by atoms with van der Waals surface area (Å²) in [6.07, 6.45) is 0.484. The molecule has 1 heterocycles. The summed E-state index contributed by atoms with van der Waals surface area (Å²) in [6.45, 7) is 0.278. The molecule has 0 aliphatic carbocycles. The molecule has 0 radical (unpaired) electrons. The summed E-state index contributed by atoms with van der Waals surface area (Å²) in [5.74, 6) is -1.07. The Morgan fingerprint density at radius 3 is 2.67 bits per heavy atom. The van der Waals surface area contributed by atoms with Crippen molar-refractivity contribution in [1.29, 1.82) is 0 Å². The highest BCUT2D eigenvalue weighted by Crippen LogP contribution is 2.09. The van der Waals surface area contributed by atoms with Gasteiger partial charge in [-0.3, -0.25) is 19.9 Å². The maximum atomic E-state index is 11.9. The number of ether oxygens (including phenoxy) is 1. The van der Waals surface area contributed by atoms with Gasteiger partial charge in [-0.1, -0.05) is 41.9 Å². The summed E-state index contributed by atoms with van der Waals surface area (Å²) in [5, 5.41) is 5.35. The minimum absolute atomic E-state index is 0.00976.